The molecule has 0 aliphatic rings. The van der Waals surface area contributed by atoms with Crippen LogP contribution in [0.1, 0.15) is 61.6 Å². The molecular weight excluding hydrogens is 530 g/mol. The maximum atomic E-state index is 13.0. The van der Waals surface area contributed by atoms with Crippen molar-refractivity contribution in [3.8, 4) is 0 Å². The molecule has 0 aliphatic carbocycles. The molecule has 0 bridgehead atoms. The molecule has 0 spiro atoms. The molecule has 0 aliphatic heterocycles. The topological polar surface area (TPSA) is 106 Å². The summed E-state index contributed by atoms with van der Waals surface area (Å²) in [6.45, 7) is 7.63. The summed E-state index contributed by atoms with van der Waals surface area (Å²) < 4.78 is 10.7. The fourth-order valence-corrected chi connectivity index (χ4v) is 4.45. The number of ether oxygens (including phenoxy) is 2. The Kier molecular flexibility index (Phi) is 9.81. The summed E-state index contributed by atoms with van der Waals surface area (Å²) >= 11 is 0. The zero-order valence-corrected chi connectivity index (χ0v) is 24.4. The van der Waals surface area contributed by atoms with Gasteiger partial charge in [-0.15, -0.1) is 0 Å². The molecule has 0 heterocycles. The molecule has 0 fully saturated rings. The highest BCUT2D eigenvalue weighted by atomic mass is 16.6. The summed E-state index contributed by atoms with van der Waals surface area (Å²) in [6.07, 6.45) is 0.184. The molecule has 4 rings (SSSR count). The molecule has 42 heavy (non-hydrogen) atoms. The molecule has 0 radical (unpaired) electrons. The Labute approximate surface area is 246 Å². The Hall–Kier alpha value is -4.85. The van der Waals surface area contributed by atoms with Crippen LogP contribution in [0.5, 0.6) is 0 Å². The average Bonchev–Trinajstić information content (AvgIpc) is 2.96. The molecule has 0 aromatic heterocycles. The number of benzene rings is 4. The highest BCUT2D eigenvalue weighted by Crippen LogP contribution is 2.23. The number of hydrogen-bond donors (Lipinski definition) is 3. The van der Waals surface area contributed by atoms with E-state index in [9.17, 15) is 14.4 Å². The first-order valence-corrected chi connectivity index (χ1v) is 14.0. The zero-order valence-electron chi connectivity index (χ0n) is 24.4. The quantitative estimate of drug-likeness (QED) is 0.191. The number of fused-ring (bicyclic) bond motifs is 1. The second-order valence-electron chi connectivity index (χ2n) is 10.9. The monoisotopic (exact) mass is 567 g/mol. The molecule has 3 N–H and O–H groups in total. The lowest BCUT2D eigenvalue weighted by molar-refractivity contribution is 0.0635. The minimum atomic E-state index is -0.581. The normalized spacial score (nSPS) is 11.8. The van der Waals surface area contributed by atoms with E-state index in [2.05, 4.69) is 16.0 Å². The van der Waals surface area contributed by atoms with Crippen LogP contribution in [0.2, 0.25) is 0 Å². The van der Waals surface area contributed by atoms with Crippen LogP contribution in [-0.2, 0) is 15.9 Å². The maximum Gasteiger partial charge on any atom is 0.412 e. The van der Waals surface area contributed by atoms with Crippen molar-refractivity contribution in [3.63, 3.8) is 0 Å². The minimum absolute atomic E-state index is 0.185. The molecule has 1 unspecified atom stereocenters. The van der Waals surface area contributed by atoms with E-state index in [0.29, 0.717) is 29.8 Å². The minimum Gasteiger partial charge on any atom is -0.449 e. The van der Waals surface area contributed by atoms with Crippen molar-refractivity contribution >= 4 is 40.2 Å². The summed E-state index contributed by atoms with van der Waals surface area (Å²) in [5, 5.41) is 10.6. The highest BCUT2D eigenvalue weighted by molar-refractivity contribution is 6.00. The molecule has 0 saturated carbocycles. The number of carbonyl (C=O) groups excluding carboxylic acids is 3. The lowest BCUT2D eigenvalue weighted by Gasteiger charge is -2.20. The van der Waals surface area contributed by atoms with Crippen LogP contribution in [0.15, 0.2) is 91.0 Å². The Morgan fingerprint density at radius 3 is 2.17 bits per heavy atom. The van der Waals surface area contributed by atoms with Gasteiger partial charge in [-0.05, 0) is 74.0 Å². The van der Waals surface area contributed by atoms with Gasteiger partial charge in [-0.25, -0.2) is 9.59 Å². The van der Waals surface area contributed by atoms with Gasteiger partial charge in [0.2, 0.25) is 0 Å². The highest BCUT2D eigenvalue weighted by Gasteiger charge is 2.17. The van der Waals surface area contributed by atoms with Crippen LogP contribution in [0, 0.1) is 0 Å². The van der Waals surface area contributed by atoms with Crippen molar-refractivity contribution in [2.45, 2.75) is 52.2 Å². The molecule has 8 heteroatoms. The van der Waals surface area contributed by atoms with Crippen LogP contribution in [0.25, 0.3) is 10.8 Å². The van der Waals surface area contributed by atoms with Crippen LogP contribution in [-0.4, -0.2) is 30.3 Å². The Balaban J connectivity index is 1.25. The summed E-state index contributed by atoms with van der Waals surface area (Å²) in [5.41, 5.74) is 3.14. The lowest BCUT2D eigenvalue weighted by atomic mass is 10.0. The van der Waals surface area contributed by atoms with E-state index < -0.39 is 17.8 Å². The van der Waals surface area contributed by atoms with Gasteiger partial charge in [-0.3, -0.25) is 15.4 Å². The van der Waals surface area contributed by atoms with Gasteiger partial charge in [-0.2, -0.15) is 0 Å². The summed E-state index contributed by atoms with van der Waals surface area (Å²) in [7, 11) is 0. The first-order chi connectivity index (χ1) is 20.1. The summed E-state index contributed by atoms with van der Waals surface area (Å²) in [4.78, 5) is 37.3. The molecule has 4 aromatic rings. The van der Waals surface area contributed by atoms with E-state index in [1.165, 1.54) is 0 Å². The smallest absolute Gasteiger partial charge is 0.412 e. The molecule has 3 amide bonds. The van der Waals surface area contributed by atoms with Gasteiger partial charge in [0.05, 0.1) is 18.3 Å². The van der Waals surface area contributed by atoms with Gasteiger partial charge in [0, 0.05) is 23.1 Å². The van der Waals surface area contributed by atoms with E-state index in [4.69, 9.17) is 9.47 Å². The fourth-order valence-electron chi connectivity index (χ4n) is 4.45. The summed E-state index contributed by atoms with van der Waals surface area (Å²) in [5.74, 6) is -0.185. The number of nitrogens with one attached hydrogen (secondary N) is 3. The lowest BCUT2D eigenvalue weighted by Crippen LogP contribution is -2.28. The first-order valence-electron chi connectivity index (χ1n) is 14.0. The second kappa shape index (κ2) is 13.7. The number of hydrogen-bond acceptors (Lipinski definition) is 5. The van der Waals surface area contributed by atoms with Crippen molar-refractivity contribution in [1.82, 2.24) is 5.32 Å². The van der Waals surface area contributed by atoms with Crippen LogP contribution >= 0.6 is 0 Å². The van der Waals surface area contributed by atoms with Gasteiger partial charge >= 0.3 is 12.2 Å². The van der Waals surface area contributed by atoms with Gasteiger partial charge < -0.3 is 14.8 Å². The fraction of sp³-hybridized carbons (Fsp3) is 0.265. The molecule has 1 atom stereocenters. The van der Waals surface area contributed by atoms with Crippen molar-refractivity contribution in [2.24, 2.45) is 0 Å². The van der Waals surface area contributed by atoms with Gasteiger partial charge in [-0.1, -0.05) is 67.6 Å². The maximum absolute atomic E-state index is 13.0. The SMILES string of the molecule is CCC(NC(=O)c1ccc(CCOC(=O)Nc2cccc3ccccc23)cc1)c1ccc(NC(=O)OC(C)(C)C)cc1. The first kappa shape index (κ1) is 30.1. The van der Waals surface area contributed by atoms with Crippen molar-refractivity contribution < 1.29 is 23.9 Å². The van der Waals surface area contributed by atoms with E-state index in [0.717, 1.165) is 21.9 Å². The number of amides is 3. The van der Waals surface area contributed by atoms with Gasteiger partial charge in [0.25, 0.3) is 5.91 Å². The van der Waals surface area contributed by atoms with Crippen molar-refractivity contribution in [1.29, 1.82) is 0 Å². The third-order valence-electron chi connectivity index (χ3n) is 6.54. The Bertz CT molecular complexity index is 1520. The van der Waals surface area contributed by atoms with Gasteiger partial charge in [0.1, 0.15) is 5.60 Å². The van der Waals surface area contributed by atoms with E-state index in [1.807, 2.05) is 94.4 Å². The van der Waals surface area contributed by atoms with E-state index in [-0.39, 0.29) is 18.6 Å². The third kappa shape index (κ3) is 8.57. The van der Waals surface area contributed by atoms with Crippen molar-refractivity contribution in [3.05, 3.63) is 108 Å². The Morgan fingerprint density at radius 2 is 1.48 bits per heavy atom. The molecule has 218 valence electrons. The molecule has 8 nitrogen and oxygen atoms in total. The molecular formula is C34H37N3O5. The average molecular weight is 568 g/mol. The predicted octanol–water partition coefficient (Wildman–Crippen LogP) is 7.86. The van der Waals surface area contributed by atoms with Gasteiger partial charge in [0.15, 0.2) is 0 Å². The summed E-state index contributed by atoms with van der Waals surface area (Å²) in [6, 6.07) is 27.9. The third-order valence-corrected chi connectivity index (χ3v) is 6.54. The van der Waals surface area contributed by atoms with E-state index in [1.54, 1.807) is 24.3 Å². The standard InChI is InChI=1S/C34H37N3O5/c1-5-29(25-17-19-27(20-18-25)35-33(40)42-34(2,3)4)36-31(38)26-15-13-23(14-16-26)21-22-41-32(39)37-30-12-8-10-24-9-6-7-11-28(24)30/h6-20,29H,5,21-22H2,1-4H3,(H,35,40)(H,36,38)(H,37,39). The number of carbonyl (C=O) groups is 3. The molecule has 4 aromatic carbocycles. The predicted molar refractivity (Wildman–Crippen MR) is 166 cm³/mol. The van der Waals surface area contributed by atoms with Crippen molar-refractivity contribution in [2.75, 3.05) is 17.2 Å². The Morgan fingerprint density at radius 1 is 0.786 bits per heavy atom. The number of anilines is 2. The van der Waals surface area contributed by atoms with Crippen LogP contribution in [0.3, 0.4) is 0 Å². The molecule has 0 saturated heterocycles. The largest absolute Gasteiger partial charge is 0.449 e. The van der Waals surface area contributed by atoms with E-state index >= 15 is 0 Å². The number of rotatable bonds is 9. The van der Waals surface area contributed by atoms with Crippen LogP contribution < -0.4 is 16.0 Å². The second-order valence-corrected chi connectivity index (χ2v) is 10.9. The van der Waals surface area contributed by atoms with Crippen LogP contribution in [0.4, 0.5) is 21.0 Å². The zero-order chi connectivity index (χ0) is 30.1.